The third-order valence-corrected chi connectivity index (χ3v) is 7.69. The van der Waals surface area contributed by atoms with Gasteiger partial charge in [0.25, 0.3) is 5.91 Å². The average molecular weight is 499 g/mol. The molecule has 1 aliphatic carbocycles. The molecule has 0 spiro atoms. The molecule has 2 aromatic heterocycles. The predicted octanol–water partition coefficient (Wildman–Crippen LogP) is 6.50. The van der Waals surface area contributed by atoms with Crippen molar-refractivity contribution in [3.63, 3.8) is 0 Å². The summed E-state index contributed by atoms with van der Waals surface area (Å²) >= 11 is 1.68. The van der Waals surface area contributed by atoms with E-state index >= 15 is 0 Å². The van der Waals surface area contributed by atoms with Crippen molar-refractivity contribution < 1.29 is 9.53 Å². The van der Waals surface area contributed by atoms with Crippen LogP contribution in [-0.2, 0) is 12.8 Å². The van der Waals surface area contributed by atoms with Crippen molar-refractivity contribution in [1.29, 1.82) is 0 Å². The lowest BCUT2D eigenvalue weighted by molar-refractivity contribution is 0.102. The quantitative estimate of drug-likeness (QED) is 0.304. The van der Waals surface area contributed by atoms with Crippen LogP contribution in [0.3, 0.4) is 0 Å². The Hall–Kier alpha value is -3.71. The summed E-state index contributed by atoms with van der Waals surface area (Å²) in [6.45, 7) is 3.94. The van der Waals surface area contributed by atoms with Crippen LogP contribution in [0.2, 0.25) is 0 Å². The highest BCUT2D eigenvalue weighted by molar-refractivity contribution is 7.16. The van der Waals surface area contributed by atoms with Gasteiger partial charge in [0.05, 0.1) is 13.2 Å². The van der Waals surface area contributed by atoms with Gasteiger partial charge in [-0.25, -0.2) is 9.97 Å². The number of carbonyl (C=O) groups excluding carboxylic acids is 1. The number of thiophene rings is 1. The van der Waals surface area contributed by atoms with E-state index in [0.29, 0.717) is 11.5 Å². The molecular formula is C29H30N4O2S. The van der Waals surface area contributed by atoms with Gasteiger partial charge in [-0.1, -0.05) is 36.4 Å². The summed E-state index contributed by atoms with van der Waals surface area (Å²) in [6, 6.07) is 19.0. The Morgan fingerprint density at radius 2 is 1.67 bits per heavy atom. The van der Waals surface area contributed by atoms with Crippen molar-refractivity contribution in [2.24, 2.45) is 0 Å². The zero-order valence-corrected chi connectivity index (χ0v) is 21.6. The fraction of sp³-hybridized carbons (Fsp3) is 0.276. The Labute approximate surface area is 215 Å². The van der Waals surface area contributed by atoms with E-state index in [1.165, 1.54) is 10.4 Å². The zero-order valence-electron chi connectivity index (χ0n) is 20.8. The molecular weight excluding hydrogens is 468 g/mol. The fourth-order valence-corrected chi connectivity index (χ4v) is 6.21. The number of fused-ring (bicyclic) bond motifs is 1. The first-order valence-electron chi connectivity index (χ1n) is 12.3. The number of para-hydroxylation sites is 1. The summed E-state index contributed by atoms with van der Waals surface area (Å²) in [6.07, 6.45) is 4.28. The first kappa shape index (κ1) is 24.0. The third-order valence-electron chi connectivity index (χ3n) is 6.47. The molecule has 36 heavy (non-hydrogen) atoms. The number of benzene rings is 2. The smallest absolute Gasteiger partial charge is 0.256 e. The van der Waals surface area contributed by atoms with Crippen LogP contribution < -0.4 is 15.4 Å². The van der Waals surface area contributed by atoms with Gasteiger partial charge < -0.3 is 15.4 Å². The first-order valence-corrected chi connectivity index (χ1v) is 13.1. The lowest BCUT2D eigenvalue weighted by Gasteiger charge is -2.25. The van der Waals surface area contributed by atoms with Gasteiger partial charge >= 0.3 is 0 Å². The number of carbonyl (C=O) groups is 1. The van der Waals surface area contributed by atoms with Gasteiger partial charge in [0.2, 0.25) is 5.95 Å². The van der Waals surface area contributed by atoms with Gasteiger partial charge in [0.1, 0.15) is 10.8 Å². The number of hydrogen-bond donors (Lipinski definition) is 2. The minimum absolute atomic E-state index is 0.114. The second-order valence-electron chi connectivity index (χ2n) is 9.07. The molecule has 1 unspecified atom stereocenters. The van der Waals surface area contributed by atoms with E-state index < -0.39 is 0 Å². The van der Waals surface area contributed by atoms with Gasteiger partial charge in [-0.05, 0) is 69.4 Å². The summed E-state index contributed by atoms with van der Waals surface area (Å²) in [4.78, 5) is 23.9. The van der Waals surface area contributed by atoms with E-state index in [9.17, 15) is 4.79 Å². The molecule has 5 rings (SSSR count). The number of amides is 1. The van der Waals surface area contributed by atoms with E-state index in [1.807, 2.05) is 68.4 Å². The molecule has 0 aliphatic heterocycles. The van der Waals surface area contributed by atoms with E-state index in [2.05, 4.69) is 26.7 Å². The largest absolute Gasteiger partial charge is 0.496 e. The molecule has 1 amide bonds. The number of ether oxygens (including phenoxy) is 1. The zero-order chi connectivity index (χ0) is 25.1. The van der Waals surface area contributed by atoms with E-state index in [1.54, 1.807) is 18.4 Å². The van der Waals surface area contributed by atoms with Crippen LogP contribution in [0, 0.1) is 13.8 Å². The van der Waals surface area contributed by atoms with Crippen molar-refractivity contribution in [1.82, 2.24) is 9.97 Å². The highest BCUT2D eigenvalue weighted by Gasteiger charge is 2.30. The SMILES string of the molecule is COc1ccccc1C(Nc1nc(C)cc(C)n1)c1c(NC(=O)c2ccccc2)sc2c1CCCC2. The molecule has 2 aromatic carbocycles. The van der Waals surface area contributed by atoms with Crippen molar-refractivity contribution >= 4 is 28.2 Å². The lowest BCUT2D eigenvalue weighted by Crippen LogP contribution is -2.20. The minimum atomic E-state index is -0.300. The molecule has 0 radical (unpaired) electrons. The molecule has 1 atom stereocenters. The molecule has 6 nitrogen and oxygen atoms in total. The van der Waals surface area contributed by atoms with Crippen LogP contribution in [0.25, 0.3) is 0 Å². The van der Waals surface area contributed by atoms with Crippen LogP contribution in [0.15, 0.2) is 60.7 Å². The summed E-state index contributed by atoms with van der Waals surface area (Å²) in [7, 11) is 1.68. The number of aryl methyl sites for hydroxylation is 3. The number of anilines is 2. The van der Waals surface area contributed by atoms with Crippen molar-refractivity contribution in [3.05, 3.63) is 99.2 Å². The van der Waals surface area contributed by atoms with Gasteiger partial charge in [-0.15, -0.1) is 11.3 Å². The van der Waals surface area contributed by atoms with Crippen LogP contribution in [0.1, 0.15) is 62.2 Å². The first-order chi connectivity index (χ1) is 17.5. The van der Waals surface area contributed by atoms with Crippen LogP contribution >= 0.6 is 11.3 Å². The Bertz CT molecular complexity index is 1360. The third kappa shape index (κ3) is 4.97. The topological polar surface area (TPSA) is 76.1 Å². The number of nitrogens with one attached hydrogen (secondary N) is 2. The van der Waals surface area contributed by atoms with Crippen LogP contribution in [-0.4, -0.2) is 23.0 Å². The average Bonchev–Trinajstić information content (AvgIpc) is 3.24. The highest BCUT2D eigenvalue weighted by Crippen LogP contribution is 2.46. The van der Waals surface area contributed by atoms with Gasteiger partial charge in [-0.2, -0.15) is 0 Å². The molecule has 7 heteroatoms. The maximum atomic E-state index is 13.2. The summed E-state index contributed by atoms with van der Waals surface area (Å²) < 4.78 is 5.78. The molecule has 0 saturated carbocycles. The van der Waals surface area contributed by atoms with Gasteiger partial charge in [-0.3, -0.25) is 4.79 Å². The summed E-state index contributed by atoms with van der Waals surface area (Å²) in [5, 5.41) is 7.71. The second-order valence-corrected chi connectivity index (χ2v) is 10.2. The number of aromatic nitrogens is 2. The van der Waals surface area contributed by atoms with Crippen molar-refractivity contribution in [2.75, 3.05) is 17.7 Å². The Morgan fingerprint density at radius 3 is 2.42 bits per heavy atom. The number of rotatable bonds is 7. The molecule has 2 N–H and O–H groups in total. The van der Waals surface area contributed by atoms with Gasteiger partial charge in [0, 0.05) is 33.0 Å². The maximum absolute atomic E-state index is 13.2. The van der Waals surface area contributed by atoms with E-state index in [-0.39, 0.29) is 11.9 Å². The summed E-state index contributed by atoms with van der Waals surface area (Å²) in [5.41, 5.74) is 5.79. The molecule has 0 fully saturated rings. The van der Waals surface area contributed by atoms with Crippen LogP contribution in [0.5, 0.6) is 5.75 Å². The molecule has 0 bridgehead atoms. The Morgan fingerprint density at radius 1 is 0.972 bits per heavy atom. The number of hydrogen-bond acceptors (Lipinski definition) is 6. The summed E-state index contributed by atoms with van der Waals surface area (Å²) in [5.74, 6) is 1.21. The fourth-order valence-electron chi connectivity index (χ4n) is 4.88. The lowest BCUT2D eigenvalue weighted by atomic mass is 9.89. The Balaban J connectivity index is 1.65. The second kappa shape index (κ2) is 10.5. The standard InChI is InChI=1S/C29H30N4O2S/c1-18-17-19(2)31-29(30-18)32-26(21-13-7-9-15-23(21)35-3)25-22-14-8-10-16-24(22)36-28(25)33-27(34)20-11-5-4-6-12-20/h4-7,9,11-13,15,17,26H,8,10,14,16H2,1-3H3,(H,33,34)(H,30,31,32). The number of methoxy groups -OCH3 is 1. The van der Waals surface area contributed by atoms with Crippen LogP contribution in [0.4, 0.5) is 10.9 Å². The molecule has 4 aromatic rings. The van der Waals surface area contributed by atoms with Crippen molar-refractivity contribution in [3.8, 4) is 5.75 Å². The minimum Gasteiger partial charge on any atom is -0.496 e. The Kier molecular flexibility index (Phi) is 7.00. The normalized spacial score (nSPS) is 13.5. The van der Waals surface area contributed by atoms with Gasteiger partial charge in [0.15, 0.2) is 0 Å². The monoisotopic (exact) mass is 498 g/mol. The van der Waals surface area contributed by atoms with E-state index in [4.69, 9.17) is 4.74 Å². The van der Waals surface area contributed by atoms with Crippen molar-refractivity contribution in [2.45, 2.75) is 45.6 Å². The molecule has 184 valence electrons. The highest BCUT2D eigenvalue weighted by atomic mass is 32.1. The maximum Gasteiger partial charge on any atom is 0.256 e. The predicted molar refractivity (Wildman–Crippen MR) is 145 cm³/mol. The van der Waals surface area contributed by atoms with E-state index in [0.717, 1.165) is 58.9 Å². The molecule has 2 heterocycles. The number of nitrogens with zero attached hydrogens (tertiary/aromatic N) is 2. The molecule has 1 aliphatic rings. The molecule has 0 saturated heterocycles.